The minimum Gasteiger partial charge on any atom is -0.265 e. The smallest absolute Gasteiger partial charge is 0.265 e. The Labute approximate surface area is 92.7 Å². The number of nitro groups is 1. The van der Waals surface area contributed by atoms with Gasteiger partial charge >= 0.3 is 0 Å². The summed E-state index contributed by atoms with van der Waals surface area (Å²) in [5.41, 5.74) is 2.32. The van der Waals surface area contributed by atoms with Crippen molar-refractivity contribution in [2.45, 2.75) is 6.42 Å². The first kappa shape index (κ1) is 10.3. The lowest BCUT2D eigenvalue weighted by Gasteiger charge is -2.00. The second-order valence-corrected chi connectivity index (χ2v) is 3.46. The summed E-state index contributed by atoms with van der Waals surface area (Å²) in [6.45, 7) is 0. The predicted octanol–water partition coefficient (Wildman–Crippen LogP) is 2.58. The van der Waals surface area contributed by atoms with Gasteiger partial charge < -0.3 is 0 Å². The number of hydrogen-bond donors (Lipinski definition) is 0. The fraction of sp³-hybridized carbons (Fsp3) is 0.0833. The highest BCUT2D eigenvalue weighted by Gasteiger charge is 2.03. The van der Waals surface area contributed by atoms with Crippen molar-refractivity contribution in [1.29, 1.82) is 0 Å². The van der Waals surface area contributed by atoms with Crippen LogP contribution in [0.4, 0.5) is 5.69 Å². The van der Waals surface area contributed by atoms with Crippen molar-refractivity contribution in [3.05, 3.63) is 70.0 Å². The standard InChI is InChI=1S/C12H10N2O2/c15-14(16)12-3-1-10(2-4-12)9-11-5-7-13-8-6-11/h1-8H,9H2. The van der Waals surface area contributed by atoms with Crippen LogP contribution in [-0.4, -0.2) is 9.91 Å². The van der Waals surface area contributed by atoms with Crippen LogP contribution >= 0.6 is 0 Å². The summed E-state index contributed by atoms with van der Waals surface area (Å²) < 4.78 is 0. The molecule has 0 spiro atoms. The lowest BCUT2D eigenvalue weighted by atomic mass is 10.1. The third-order valence-corrected chi connectivity index (χ3v) is 2.30. The van der Waals surface area contributed by atoms with E-state index in [2.05, 4.69) is 4.98 Å². The van der Waals surface area contributed by atoms with Crippen LogP contribution in [0.3, 0.4) is 0 Å². The molecule has 0 atom stereocenters. The zero-order valence-electron chi connectivity index (χ0n) is 8.54. The van der Waals surface area contributed by atoms with Crippen molar-refractivity contribution in [2.75, 3.05) is 0 Å². The number of nitrogens with zero attached hydrogens (tertiary/aromatic N) is 2. The van der Waals surface area contributed by atoms with Gasteiger partial charge in [0.15, 0.2) is 0 Å². The first-order valence-electron chi connectivity index (χ1n) is 4.88. The Bertz CT molecular complexity index is 480. The molecule has 0 aliphatic rings. The molecule has 0 aliphatic heterocycles. The monoisotopic (exact) mass is 214 g/mol. The maximum Gasteiger partial charge on any atom is 0.269 e. The van der Waals surface area contributed by atoms with Crippen LogP contribution in [0.1, 0.15) is 11.1 Å². The summed E-state index contributed by atoms with van der Waals surface area (Å²) in [4.78, 5) is 14.0. The Morgan fingerprint density at radius 3 is 2.12 bits per heavy atom. The first-order valence-corrected chi connectivity index (χ1v) is 4.88. The average molecular weight is 214 g/mol. The molecular formula is C12H10N2O2. The van der Waals surface area contributed by atoms with Crippen LogP contribution < -0.4 is 0 Å². The van der Waals surface area contributed by atoms with Crippen molar-refractivity contribution in [2.24, 2.45) is 0 Å². The van der Waals surface area contributed by atoms with Crippen molar-refractivity contribution in [3.63, 3.8) is 0 Å². The molecule has 0 saturated heterocycles. The van der Waals surface area contributed by atoms with E-state index in [1.54, 1.807) is 24.5 Å². The molecule has 0 fully saturated rings. The summed E-state index contributed by atoms with van der Waals surface area (Å²) in [6.07, 6.45) is 4.24. The Hall–Kier alpha value is -2.23. The van der Waals surface area contributed by atoms with Gasteiger partial charge in [-0.3, -0.25) is 15.1 Å². The van der Waals surface area contributed by atoms with Crippen molar-refractivity contribution in [3.8, 4) is 0 Å². The quantitative estimate of drug-likeness (QED) is 0.582. The van der Waals surface area contributed by atoms with Gasteiger partial charge in [0.2, 0.25) is 0 Å². The zero-order valence-corrected chi connectivity index (χ0v) is 8.54. The highest BCUT2D eigenvalue weighted by Crippen LogP contribution is 2.14. The molecule has 0 N–H and O–H groups in total. The molecule has 1 aromatic heterocycles. The maximum absolute atomic E-state index is 10.5. The molecule has 16 heavy (non-hydrogen) atoms. The number of non-ortho nitro benzene ring substituents is 1. The molecule has 1 heterocycles. The van der Waals surface area contributed by atoms with E-state index in [1.807, 2.05) is 12.1 Å². The third-order valence-electron chi connectivity index (χ3n) is 2.30. The Balaban J connectivity index is 2.14. The van der Waals surface area contributed by atoms with Gasteiger partial charge in [0, 0.05) is 24.5 Å². The molecule has 0 aliphatic carbocycles. The molecule has 1 aromatic carbocycles. The second kappa shape index (κ2) is 4.53. The topological polar surface area (TPSA) is 56.0 Å². The number of aromatic nitrogens is 1. The lowest BCUT2D eigenvalue weighted by Crippen LogP contribution is -1.90. The minimum atomic E-state index is -0.393. The molecule has 2 aromatic rings. The minimum absolute atomic E-state index is 0.124. The summed E-state index contributed by atoms with van der Waals surface area (Å²) in [7, 11) is 0. The molecule has 4 heteroatoms. The van der Waals surface area contributed by atoms with Crippen LogP contribution in [0.2, 0.25) is 0 Å². The zero-order chi connectivity index (χ0) is 11.4. The van der Waals surface area contributed by atoms with E-state index in [9.17, 15) is 10.1 Å². The number of hydrogen-bond acceptors (Lipinski definition) is 3. The molecule has 0 saturated carbocycles. The Morgan fingerprint density at radius 1 is 1.00 bits per heavy atom. The SMILES string of the molecule is O=[N+]([O-])c1ccc(Cc2ccncc2)cc1. The summed E-state index contributed by atoms with van der Waals surface area (Å²) >= 11 is 0. The van der Waals surface area contributed by atoms with Crippen LogP contribution in [0, 0.1) is 10.1 Å². The van der Waals surface area contributed by atoms with Crippen LogP contribution in [0.25, 0.3) is 0 Å². The van der Waals surface area contributed by atoms with E-state index < -0.39 is 4.92 Å². The third kappa shape index (κ3) is 2.42. The van der Waals surface area contributed by atoms with Gasteiger partial charge in [-0.25, -0.2) is 0 Å². The van der Waals surface area contributed by atoms with Gasteiger partial charge in [0.05, 0.1) is 4.92 Å². The average Bonchev–Trinajstić information content (AvgIpc) is 2.31. The summed E-state index contributed by atoms with van der Waals surface area (Å²) in [5.74, 6) is 0. The molecular weight excluding hydrogens is 204 g/mol. The van der Waals surface area contributed by atoms with Gasteiger partial charge in [0.25, 0.3) is 5.69 Å². The van der Waals surface area contributed by atoms with Gasteiger partial charge in [-0.1, -0.05) is 12.1 Å². The molecule has 0 bridgehead atoms. The van der Waals surface area contributed by atoms with Gasteiger partial charge in [-0.05, 0) is 29.7 Å². The number of benzene rings is 1. The fourth-order valence-electron chi connectivity index (χ4n) is 1.47. The largest absolute Gasteiger partial charge is 0.269 e. The molecule has 80 valence electrons. The maximum atomic E-state index is 10.5. The van der Waals surface area contributed by atoms with Crippen LogP contribution in [0.15, 0.2) is 48.8 Å². The summed E-state index contributed by atoms with van der Waals surface area (Å²) in [6, 6.07) is 10.5. The van der Waals surface area contributed by atoms with E-state index in [0.717, 1.165) is 17.5 Å². The van der Waals surface area contributed by atoms with Gasteiger partial charge in [-0.15, -0.1) is 0 Å². The Morgan fingerprint density at radius 2 is 1.56 bits per heavy atom. The van der Waals surface area contributed by atoms with Crippen LogP contribution in [0.5, 0.6) is 0 Å². The molecule has 0 amide bonds. The highest BCUT2D eigenvalue weighted by atomic mass is 16.6. The van der Waals surface area contributed by atoms with E-state index >= 15 is 0 Å². The Kier molecular flexibility index (Phi) is 2.91. The van der Waals surface area contributed by atoms with E-state index in [4.69, 9.17) is 0 Å². The number of nitro benzene ring substituents is 1. The molecule has 2 rings (SSSR count). The number of rotatable bonds is 3. The van der Waals surface area contributed by atoms with E-state index in [1.165, 1.54) is 12.1 Å². The second-order valence-electron chi connectivity index (χ2n) is 3.46. The van der Waals surface area contributed by atoms with Crippen molar-refractivity contribution in [1.82, 2.24) is 4.98 Å². The van der Waals surface area contributed by atoms with Crippen molar-refractivity contribution < 1.29 is 4.92 Å². The van der Waals surface area contributed by atoms with E-state index in [0.29, 0.717) is 0 Å². The lowest BCUT2D eigenvalue weighted by molar-refractivity contribution is -0.384. The van der Waals surface area contributed by atoms with E-state index in [-0.39, 0.29) is 5.69 Å². The first-order chi connectivity index (χ1) is 7.75. The normalized spacial score (nSPS) is 10.0. The highest BCUT2D eigenvalue weighted by molar-refractivity contribution is 5.35. The molecule has 4 nitrogen and oxygen atoms in total. The number of pyridine rings is 1. The fourth-order valence-corrected chi connectivity index (χ4v) is 1.47. The predicted molar refractivity (Wildman–Crippen MR) is 60.1 cm³/mol. The van der Waals surface area contributed by atoms with Gasteiger partial charge in [0.1, 0.15) is 0 Å². The molecule has 0 radical (unpaired) electrons. The van der Waals surface area contributed by atoms with Crippen molar-refractivity contribution >= 4 is 5.69 Å². The molecule has 0 unspecified atom stereocenters. The summed E-state index contributed by atoms with van der Waals surface area (Å²) in [5, 5.41) is 10.5. The van der Waals surface area contributed by atoms with Crippen LogP contribution in [-0.2, 0) is 6.42 Å². The van der Waals surface area contributed by atoms with Gasteiger partial charge in [-0.2, -0.15) is 0 Å².